The quantitative estimate of drug-likeness (QED) is 0.806. The van der Waals surface area contributed by atoms with Crippen molar-refractivity contribution in [2.75, 3.05) is 20.8 Å². The number of cyclic esters (lactones) is 1. The van der Waals surface area contributed by atoms with Crippen LogP contribution in [-0.2, 0) is 16.0 Å². The Balaban J connectivity index is 2.02. The molecule has 2 amide bonds. The SMILES string of the molecule is COc1ccc(CCC(=O)N2C(=O)OC[C@@H]2C(C)C)cc1OC. The highest BCUT2D eigenvalue weighted by atomic mass is 16.6. The lowest BCUT2D eigenvalue weighted by Crippen LogP contribution is -2.41. The normalized spacial score (nSPS) is 17.3. The minimum absolute atomic E-state index is 0.173. The van der Waals surface area contributed by atoms with Gasteiger partial charge in [0.25, 0.3) is 0 Å². The Morgan fingerprint density at radius 2 is 2.00 bits per heavy atom. The second-order valence-electron chi connectivity index (χ2n) is 5.84. The summed E-state index contributed by atoms with van der Waals surface area (Å²) in [6, 6.07) is 5.35. The fourth-order valence-corrected chi connectivity index (χ4v) is 2.62. The van der Waals surface area contributed by atoms with E-state index in [1.807, 2.05) is 26.0 Å². The molecule has 1 aliphatic heterocycles. The van der Waals surface area contributed by atoms with E-state index in [1.165, 1.54) is 4.90 Å². The van der Waals surface area contributed by atoms with Gasteiger partial charge in [-0.25, -0.2) is 9.69 Å². The van der Waals surface area contributed by atoms with E-state index in [1.54, 1.807) is 20.3 Å². The van der Waals surface area contributed by atoms with Crippen LogP contribution in [-0.4, -0.2) is 43.8 Å². The number of imide groups is 1. The summed E-state index contributed by atoms with van der Waals surface area (Å²) < 4.78 is 15.5. The highest BCUT2D eigenvalue weighted by molar-refractivity contribution is 5.93. The summed E-state index contributed by atoms with van der Waals surface area (Å²) >= 11 is 0. The second kappa shape index (κ2) is 7.35. The summed E-state index contributed by atoms with van der Waals surface area (Å²) in [7, 11) is 3.15. The zero-order valence-corrected chi connectivity index (χ0v) is 14.0. The van der Waals surface area contributed by atoms with Gasteiger partial charge in [-0.2, -0.15) is 0 Å². The number of carbonyl (C=O) groups excluding carboxylic acids is 2. The van der Waals surface area contributed by atoms with E-state index < -0.39 is 6.09 Å². The van der Waals surface area contributed by atoms with Gasteiger partial charge in [0, 0.05) is 6.42 Å². The molecule has 0 unspecified atom stereocenters. The molecule has 0 spiro atoms. The Kier molecular flexibility index (Phi) is 5.47. The molecule has 0 aromatic heterocycles. The molecule has 0 aliphatic carbocycles. The van der Waals surface area contributed by atoms with Crippen LogP contribution in [0.15, 0.2) is 18.2 Å². The van der Waals surface area contributed by atoms with Crippen molar-refractivity contribution in [2.24, 2.45) is 5.92 Å². The number of methoxy groups -OCH3 is 2. The molecule has 126 valence electrons. The van der Waals surface area contributed by atoms with Crippen molar-refractivity contribution < 1.29 is 23.8 Å². The second-order valence-corrected chi connectivity index (χ2v) is 5.84. The summed E-state index contributed by atoms with van der Waals surface area (Å²) in [5.41, 5.74) is 0.949. The molecular formula is C17H23NO5. The van der Waals surface area contributed by atoms with Gasteiger partial charge in [-0.1, -0.05) is 19.9 Å². The topological polar surface area (TPSA) is 65.1 Å². The Labute approximate surface area is 136 Å². The molecule has 0 N–H and O–H groups in total. The highest BCUT2D eigenvalue weighted by Crippen LogP contribution is 2.28. The summed E-state index contributed by atoms with van der Waals surface area (Å²) in [6.07, 6.45) is 0.225. The molecule has 1 aliphatic rings. The van der Waals surface area contributed by atoms with Crippen LogP contribution in [0, 0.1) is 5.92 Å². The number of ether oxygens (including phenoxy) is 3. The molecule has 0 saturated carbocycles. The van der Waals surface area contributed by atoms with Gasteiger partial charge in [-0.15, -0.1) is 0 Å². The number of hydrogen-bond donors (Lipinski definition) is 0. The predicted molar refractivity (Wildman–Crippen MR) is 84.7 cm³/mol. The third kappa shape index (κ3) is 3.75. The minimum Gasteiger partial charge on any atom is -0.493 e. The summed E-state index contributed by atoms with van der Waals surface area (Å²) in [5.74, 6) is 1.23. The lowest BCUT2D eigenvalue weighted by atomic mass is 10.0. The first-order valence-corrected chi connectivity index (χ1v) is 7.67. The summed E-state index contributed by atoms with van der Waals surface area (Å²) in [6.45, 7) is 4.22. The molecule has 1 aromatic carbocycles. The monoisotopic (exact) mass is 321 g/mol. The molecule has 6 heteroatoms. The average molecular weight is 321 g/mol. The van der Waals surface area contributed by atoms with Crippen molar-refractivity contribution in [3.63, 3.8) is 0 Å². The minimum atomic E-state index is -0.541. The molecule has 23 heavy (non-hydrogen) atoms. The number of aryl methyl sites for hydroxylation is 1. The fraction of sp³-hybridized carbons (Fsp3) is 0.529. The van der Waals surface area contributed by atoms with E-state index in [9.17, 15) is 9.59 Å². The zero-order chi connectivity index (χ0) is 17.0. The molecule has 1 heterocycles. The van der Waals surface area contributed by atoms with Crippen LogP contribution in [0.25, 0.3) is 0 Å². The van der Waals surface area contributed by atoms with Crippen molar-refractivity contribution in [3.8, 4) is 11.5 Å². The number of rotatable bonds is 6. The van der Waals surface area contributed by atoms with E-state index in [0.717, 1.165) is 5.56 Å². The largest absolute Gasteiger partial charge is 0.493 e. The average Bonchev–Trinajstić information content (AvgIpc) is 2.94. The van der Waals surface area contributed by atoms with Gasteiger partial charge < -0.3 is 14.2 Å². The van der Waals surface area contributed by atoms with Crippen molar-refractivity contribution in [1.82, 2.24) is 4.90 Å². The first-order chi connectivity index (χ1) is 11.0. The highest BCUT2D eigenvalue weighted by Gasteiger charge is 2.39. The smallest absolute Gasteiger partial charge is 0.416 e. The molecule has 1 aromatic rings. The Morgan fingerprint density at radius 1 is 1.30 bits per heavy atom. The third-order valence-corrected chi connectivity index (χ3v) is 4.02. The van der Waals surface area contributed by atoms with Crippen LogP contribution in [0.4, 0.5) is 4.79 Å². The van der Waals surface area contributed by atoms with Crippen molar-refractivity contribution in [1.29, 1.82) is 0 Å². The Bertz CT molecular complexity index is 584. The van der Waals surface area contributed by atoms with Gasteiger partial charge in [0.2, 0.25) is 5.91 Å². The number of benzene rings is 1. The van der Waals surface area contributed by atoms with Crippen LogP contribution in [0.1, 0.15) is 25.8 Å². The van der Waals surface area contributed by atoms with E-state index in [-0.39, 0.29) is 30.9 Å². The van der Waals surface area contributed by atoms with Gasteiger partial charge in [0.15, 0.2) is 11.5 Å². The summed E-state index contributed by atoms with van der Waals surface area (Å²) in [5, 5.41) is 0. The van der Waals surface area contributed by atoms with Gasteiger partial charge in [-0.05, 0) is 30.0 Å². The first kappa shape index (κ1) is 17.1. The molecule has 1 saturated heterocycles. The van der Waals surface area contributed by atoms with E-state index in [2.05, 4.69) is 0 Å². The van der Waals surface area contributed by atoms with E-state index in [4.69, 9.17) is 14.2 Å². The van der Waals surface area contributed by atoms with Crippen molar-refractivity contribution >= 4 is 12.0 Å². The van der Waals surface area contributed by atoms with Crippen LogP contribution in [0.2, 0.25) is 0 Å². The van der Waals surface area contributed by atoms with Gasteiger partial charge in [0.1, 0.15) is 6.61 Å². The molecule has 6 nitrogen and oxygen atoms in total. The Hall–Kier alpha value is -2.24. The zero-order valence-electron chi connectivity index (χ0n) is 14.0. The molecule has 0 bridgehead atoms. The maximum Gasteiger partial charge on any atom is 0.416 e. The lowest BCUT2D eigenvalue weighted by molar-refractivity contribution is -0.129. The van der Waals surface area contributed by atoms with E-state index in [0.29, 0.717) is 17.9 Å². The lowest BCUT2D eigenvalue weighted by Gasteiger charge is -2.22. The van der Waals surface area contributed by atoms with Crippen LogP contribution < -0.4 is 9.47 Å². The van der Waals surface area contributed by atoms with Gasteiger partial charge in [0.05, 0.1) is 20.3 Å². The molecule has 1 fully saturated rings. The maximum atomic E-state index is 12.4. The standard InChI is InChI=1S/C17H23NO5/c1-11(2)13-10-23-17(20)18(13)16(19)8-6-12-5-7-14(21-3)15(9-12)22-4/h5,7,9,11,13H,6,8,10H2,1-4H3/t13-/m1/s1. The van der Waals surface area contributed by atoms with Gasteiger partial charge >= 0.3 is 6.09 Å². The van der Waals surface area contributed by atoms with E-state index >= 15 is 0 Å². The summed E-state index contributed by atoms with van der Waals surface area (Å²) in [4.78, 5) is 25.4. The molecular weight excluding hydrogens is 298 g/mol. The fourth-order valence-electron chi connectivity index (χ4n) is 2.62. The third-order valence-electron chi connectivity index (χ3n) is 4.02. The van der Waals surface area contributed by atoms with Crippen LogP contribution in [0.3, 0.4) is 0 Å². The maximum absolute atomic E-state index is 12.4. The molecule has 2 rings (SSSR count). The molecule has 0 radical (unpaired) electrons. The molecule has 1 atom stereocenters. The van der Waals surface area contributed by atoms with Crippen LogP contribution >= 0.6 is 0 Å². The number of carbonyl (C=O) groups is 2. The Morgan fingerprint density at radius 3 is 2.61 bits per heavy atom. The predicted octanol–water partition coefficient (Wildman–Crippen LogP) is 2.64. The first-order valence-electron chi connectivity index (χ1n) is 7.67. The number of hydrogen-bond acceptors (Lipinski definition) is 5. The van der Waals surface area contributed by atoms with Crippen LogP contribution in [0.5, 0.6) is 11.5 Å². The van der Waals surface area contributed by atoms with Crippen molar-refractivity contribution in [2.45, 2.75) is 32.7 Å². The number of amides is 2. The van der Waals surface area contributed by atoms with Crippen molar-refractivity contribution in [3.05, 3.63) is 23.8 Å². The van der Waals surface area contributed by atoms with Gasteiger partial charge in [-0.3, -0.25) is 4.79 Å². The number of nitrogens with zero attached hydrogens (tertiary/aromatic N) is 1.